The monoisotopic (exact) mass is 345 g/mol. The highest BCUT2D eigenvalue weighted by molar-refractivity contribution is 7.18. The lowest BCUT2D eigenvalue weighted by atomic mass is 10.1. The van der Waals surface area contributed by atoms with Crippen LogP contribution in [-0.4, -0.2) is 15.9 Å². The second kappa shape index (κ2) is 6.83. The Morgan fingerprint density at radius 1 is 1.00 bits per heavy atom. The number of nitrogens with one attached hydrogen (secondary N) is 1. The number of pyridine rings is 1. The van der Waals surface area contributed by atoms with Crippen molar-refractivity contribution in [1.82, 2.24) is 9.97 Å². The van der Waals surface area contributed by atoms with Crippen LogP contribution in [0.25, 0.3) is 10.2 Å². The van der Waals surface area contributed by atoms with Gasteiger partial charge in [-0.15, -0.1) is 11.3 Å². The van der Waals surface area contributed by atoms with Crippen molar-refractivity contribution in [3.8, 4) is 0 Å². The summed E-state index contributed by atoms with van der Waals surface area (Å²) in [7, 11) is 0. The molecule has 0 unspecified atom stereocenters. The minimum Gasteiger partial charge on any atom is -0.322 e. The van der Waals surface area contributed by atoms with E-state index in [0.29, 0.717) is 5.56 Å². The molecule has 2 heterocycles. The molecule has 2 aromatic heterocycles. The van der Waals surface area contributed by atoms with Gasteiger partial charge >= 0.3 is 0 Å². The summed E-state index contributed by atoms with van der Waals surface area (Å²) in [6, 6.07) is 19.5. The molecule has 25 heavy (non-hydrogen) atoms. The van der Waals surface area contributed by atoms with E-state index in [4.69, 9.17) is 0 Å². The van der Waals surface area contributed by atoms with Crippen molar-refractivity contribution < 1.29 is 4.79 Å². The van der Waals surface area contributed by atoms with Crippen LogP contribution in [0.2, 0.25) is 0 Å². The molecule has 0 spiro atoms. The van der Waals surface area contributed by atoms with Gasteiger partial charge in [0.25, 0.3) is 5.91 Å². The van der Waals surface area contributed by atoms with E-state index in [1.165, 1.54) is 10.3 Å². The summed E-state index contributed by atoms with van der Waals surface area (Å²) in [6.45, 7) is 0. The number of fused-ring (bicyclic) bond motifs is 1. The maximum absolute atomic E-state index is 12.1. The van der Waals surface area contributed by atoms with Gasteiger partial charge in [0.2, 0.25) is 0 Å². The van der Waals surface area contributed by atoms with E-state index in [1.54, 1.807) is 35.9 Å². The van der Waals surface area contributed by atoms with Crippen LogP contribution >= 0.6 is 11.3 Å². The summed E-state index contributed by atoms with van der Waals surface area (Å²) >= 11 is 1.72. The highest BCUT2D eigenvalue weighted by Gasteiger charge is 2.07. The van der Waals surface area contributed by atoms with E-state index in [2.05, 4.69) is 21.4 Å². The molecule has 0 fully saturated rings. The van der Waals surface area contributed by atoms with Gasteiger partial charge in [-0.25, -0.2) is 4.98 Å². The number of anilines is 1. The fourth-order valence-corrected chi connectivity index (χ4v) is 3.58. The second-order valence-corrected chi connectivity index (χ2v) is 6.76. The van der Waals surface area contributed by atoms with Gasteiger partial charge in [0.05, 0.1) is 20.8 Å². The molecular weight excluding hydrogens is 330 g/mol. The van der Waals surface area contributed by atoms with Crippen molar-refractivity contribution in [2.45, 2.75) is 6.42 Å². The summed E-state index contributed by atoms with van der Waals surface area (Å²) in [5.74, 6) is -0.160. The van der Waals surface area contributed by atoms with Crippen molar-refractivity contribution in [2.24, 2.45) is 0 Å². The summed E-state index contributed by atoms with van der Waals surface area (Å²) < 4.78 is 1.21. The number of carbonyl (C=O) groups is 1. The Bertz CT molecular complexity index is 977. The molecule has 1 amide bonds. The van der Waals surface area contributed by atoms with Crippen LogP contribution in [0.1, 0.15) is 20.9 Å². The third-order valence-corrected chi connectivity index (χ3v) is 4.87. The first-order chi connectivity index (χ1) is 12.3. The van der Waals surface area contributed by atoms with Crippen LogP contribution in [-0.2, 0) is 6.42 Å². The zero-order valence-electron chi connectivity index (χ0n) is 13.3. The second-order valence-electron chi connectivity index (χ2n) is 5.64. The lowest BCUT2D eigenvalue weighted by Crippen LogP contribution is -2.11. The highest BCUT2D eigenvalue weighted by atomic mass is 32.1. The van der Waals surface area contributed by atoms with Gasteiger partial charge in [-0.3, -0.25) is 9.78 Å². The first-order valence-corrected chi connectivity index (χ1v) is 8.74. The Balaban J connectivity index is 1.45. The number of amides is 1. The zero-order valence-corrected chi connectivity index (χ0v) is 14.2. The Morgan fingerprint density at radius 2 is 1.84 bits per heavy atom. The highest BCUT2D eigenvalue weighted by Crippen LogP contribution is 2.24. The molecule has 0 bridgehead atoms. The molecule has 0 aliphatic rings. The topological polar surface area (TPSA) is 54.9 Å². The maximum Gasteiger partial charge on any atom is 0.257 e. The van der Waals surface area contributed by atoms with Gasteiger partial charge < -0.3 is 5.32 Å². The smallest absolute Gasteiger partial charge is 0.257 e. The fraction of sp³-hybridized carbons (Fsp3) is 0.0500. The predicted molar refractivity (Wildman–Crippen MR) is 101 cm³/mol. The molecule has 0 aliphatic heterocycles. The van der Waals surface area contributed by atoms with Crippen LogP contribution in [0.4, 0.5) is 5.69 Å². The third-order valence-electron chi connectivity index (χ3n) is 3.83. The van der Waals surface area contributed by atoms with E-state index in [0.717, 1.165) is 22.6 Å². The molecule has 0 aliphatic carbocycles. The lowest BCUT2D eigenvalue weighted by Gasteiger charge is -2.06. The van der Waals surface area contributed by atoms with Gasteiger partial charge in [0, 0.05) is 24.5 Å². The Labute approximate surface area is 149 Å². The summed E-state index contributed by atoms with van der Waals surface area (Å²) in [4.78, 5) is 20.7. The number of carbonyl (C=O) groups excluding carboxylic acids is 1. The van der Waals surface area contributed by atoms with E-state index < -0.39 is 0 Å². The lowest BCUT2D eigenvalue weighted by molar-refractivity contribution is 0.102. The Kier molecular flexibility index (Phi) is 4.23. The van der Waals surface area contributed by atoms with Gasteiger partial charge in [-0.05, 0) is 42.0 Å². The Morgan fingerprint density at radius 3 is 2.60 bits per heavy atom. The van der Waals surface area contributed by atoms with Gasteiger partial charge in [-0.1, -0.05) is 24.3 Å². The van der Waals surface area contributed by atoms with Gasteiger partial charge in [-0.2, -0.15) is 0 Å². The molecule has 4 aromatic rings. The van der Waals surface area contributed by atoms with Crippen LogP contribution in [0, 0.1) is 0 Å². The number of benzene rings is 2. The van der Waals surface area contributed by atoms with Crippen LogP contribution < -0.4 is 5.32 Å². The van der Waals surface area contributed by atoms with E-state index >= 15 is 0 Å². The standard InChI is InChI=1S/C20H15N3OS/c24-20(15-4-3-11-21-13-15)22-16-9-7-14(8-10-16)12-19-23-17-5-1-2-6-18(17)25-19/h1-11,13H,12H2,(H,22,24). The number of para-hydroxylation sites is 1. The molecule has 4 nitrogen and oxygen atoms in total. The van der Waals surface area contributed by atoms with Crippen LogP contribution in [0.3, 0.4) is 0 Å². The average molecular weight is 345 g/mol. The maximum atomic E-state index is 12.1. The molecular formula is C20H15N3OS. The number of hydrogen-bond donors (Lipinski definition) is 1. The third kappa shape index (κ3) is 3.56. The van der Waals surface area contributed by atoms with Crippen molar-refractivity contribution >= 4 is 33.1 Å². The summed E-state index contributed by atoms with van der Waals surface area (Å²) in [6.07, 6.45) is 3.99. The van der Waals surface area contributed by atoms with Gasteiger partial charge in [0.1, 0.15) is 0 Å². The molecule has 4 rings (SSSR count). The van der Waals surface area contributed by atoms with Crippen LogP contribution in [0.5, 0.6) is 0 Å². The quantitative estimate of drug-likeness (QED) is 0.591. The van der Waals surface area contributed by atoms with Crippen molar-refractivity contribution in [3.63, 3.8) is 0 Å². The van der Waals surface area contributed by atoms with Gasteiger partial charge in [0.15, 0.2) is 0 Å². The zero-order chi connectivity index (χ0) is 17.1. The number of aromatic nitrogens is 2. The van der Waals surface area contributed by atoms with E-state index in [-0.39, 0.29) is 5.91 Å². The fourth-order valence-electron chi connectivity index (χ4n) is 2.58. The molecule has 122 valence electrons. The normalized spacial score (nSPS) is 10.7. The molecule has 1 N–H and O–H groups in total. The largest absolute Gasteiger partial charge is 0.322 e. The molecule has 0 radical (unpaired) electrons. The first kappa shape index (κ1) is 15.5. The molecule has 0 saturated heterocycles. The van der Waals surface area contributed by atoms with Crippen molar-refractivity contribution in [1.29, 1.82) is 0 Å². The first-order valence-electron chi connectivity index (χ1n) is 7.93. The van der Waals surface area contributed by atoms with Crippen LogP contribution in [0.15, 0.2) is 73.1 Å². The SMILES string of the molecule is O=C(Nc1ccc(Cc2nc3ccccc3s2)cc1)c1cccnc1. The van der Waals surface area contributed by atoms with Crippen molar-refractivity contribution in [2.75, 3.05) is 5.32 Å². The number of thiazole rings is 1. The molecule has 5 heteroatoms. The minimum atomic E-state index is -0.160. The molecule has 2 aromatic carbocycles. The number of hydrogen-bond acceptors (Lipinski definition) is 4. The molecule has 0 atom stereocenters. The summed E-state index contributed by atoms with van der Waals surface area (Å²) in [5.41, 5.74) is 3.52. The average Bonchev–Trinajstić information content (AvgIpc) is 3.06. The molecule has 0 saturated carbocycles. The predicted octanol–water partition coefficient (Wildman–Crippen LogP) is 4.53. The van der Waals surface area contributed by atoms with Crippen molar-refractivity contribution in [3.05, 3.63) is 89.2 Å². The van der Waals surface area contributed by atoms with E-state index in [9.17, 15) is 4.79 Å². The van der Waals surface area contributed by atoms with E-state index in [1.807, 2.05) is 42.5 Å². The number of rotatable bonds is 4. The minimum absolute atomic E-state index is 0.160. The number of nitrogens with zero attached hydrogens (tertiary/aromatic N) is 2. The summed E-state index contributed by atoms with van der Waals surface area (Å²) in [5, 5.41) is 3.97. The Hall–Kier alpha value is -3.05.